The molecule has 0 N–H and O–H groups in total. The SMILES string of the molecule is CCCc1ccccc1/C=C(\CC)COC(C)=O. The van der Waals surface area contributed by atoms with Crippen LogP contribution in [0.25, 0.3) is 6.08 Å². The molecule has 1 rings (SSSR count). The predicted molar refractivity (Wildman–Crippen MR) is 75.3 cm³/mol. The maximum atomic E-state index is 10.8. The quantitative estimate of drug-likeness (QED) is 0.709. The molecule has 0 heterocycles. The zero-order valence-electron chi connectivity index (χ0n) is 11.5. The van der Waals surface area contributed by atoms with Crippen molar-refractivity contribution in [3.05, 3.63) is 41.0 Å². The van der Waals surface area contributed by atoms with Gasteiger partial charge in [-0.05, 0) is 29.5 Å². The highest BCUT2D eigenvalue weighted by atomic mass is 16.5. The summed E-state index contributed by atoms with van der Waals surface area (Å²) < 4.78 is 5.06. The number of carbonyl (C=O) groups excluding carboxylic acids is 1. The summed E-state index contributed by atoms with van der Waals surface area (Å²) in [7, 11) is 0. The van der Waals surface area contributed by atoms with E-state index in [1.807, 2.05) is 6.07 Å². The van der Waals surface area contributed by atoms with E-state index in [-0.39, 0.29) is 5.97 Å². The molecule has 98 valence electrons. The van der Waals surface area contributed by atoms with Crippen molar-refractivity contribution in [3.63, 3.8) is 0 Å². The van der Waals surface area contributed by atoms with Gasteiger partial charge in [0, 0.05) is 6.92 Å². The fourth-order valence-corrected chi connectivity index (χ4v) is 1.83. The summed E-state index contributed by atoms with van der Waals surface area (Å²) in [6.07, 6.45) is 5.26. The first-order valence-corrected chi connectivity index (χ1v) is 6.58. The van der Waals surface area contributed by atoms with Gasteiger partial charge in [-0.2, -0.15) is 0 Å². The predicted octanol–water partition coefficient (Wildman–Crippen LogP) is 4.00. The molecular weight excluding hydrogens is 224 g/mol. The normalized spacial score (nSPS) is 11.4. The molecular formula is C16H22O2. The Morgan fingerprint density at radius 2 is 2.00 bits per heavy atom. The third-order valence-corrected chi connectivity index (χ3v) is 2.85. The minimum absolute atomic E-state index is 0.226. The molecule has 2 nitrogen and oxygen atoms in total. The number of hydrogen-bond acceptors (Lipinski definition) is 2. The summed E-state index contributed by atoms with van der Waals surface area (Å²) in [5.74, 6) is -0.226. The van der Waals surface area contributed by atoms with Gasteiger partial charge in [0.1, 0.15) is 6.61 Å². The van der Waals surface area contributed by atoms with E-state index in [0.29, 0.717) is 6.61 Å². The van der Waals surface area contributed by atoms with Crippen LogP contribution in [0, 0.1) is 0 Å². The van der Waals surface area contributed by atoms with Crippen molar-refractivity contribution in [1.82, 2.24) is 0 Å². The minimum atomic E-state index is -0.226. The van der Waals surface area contributed by atoms with Gasteiger partial charge in [0.2, 0.25) is 0 Å². The molecule has 0 unspecified atom stereocenters. The molecule has 0 saturated heterocycles. The van der Waals surface area contributed by atoms with Crippen LogP contribution in [-0.2, 0) is 16.0 Å². The first-order valence-electron chi connectivity index (χ1n) is 6.58. The summed E-state index contributed by atoms with van der Waals surface area (Å²) in [5.41, 5.74) is 3.74. The van der Waals surface area contributed by atoms with Crippen molar-refractivity contribution in [2.75, 3.05) is 6.61 Å². The van der Waals surface area contributed by atoms with Crippen LogP contribution in [0.3, 0.4) is 0 Å². The van der Waals surface area contributed by atoms with E-state index in [1.54, 1.807) is 0 Å². The van der Waals surface area contributed by atoms with Crippen molar-refractivity contribution in [2.45, 2.75) is 40.0 Å². The maximum absolute atomic E-state index is 10.8. The molecule has 0 saturated carbocycles. The Morgan fingerprint density at radius 3 is 2.61 bits per heavy atom. The molecule has 0 aromatic heterocycles. The molecule has 18 heavy (non-hydrogen) atoms. The van der Waals surface area contributed by atoms with Crippen molar-refractivity contribution in [2.24, 2.45) is 0 Å². The average Bonchev–Trinajstić information content (AvgIpc) is 2.36. The van der Waals surface area contributed by atoms with E-state index >= 15 is 0 Å². The third kappa shape index (κ3) is 4.74. The molecule has 0 radical (unpaired) electrons. The van der Waals surface area contributed by atoms with Crippen molar-refractivity contribution >= 4 is 12.0 Å². The van der Waals surface area contributed by atoms with Crippen LogP contribution >= 0.6 is 0 Å². The van der Waals surface area contributed by atoms with Gasteiger partial charge in [-0.3, -0.25) is 4.79 Å². The smallest absolute Gasteiger partial charge is 0.302 e. The van der Waals surface area contributed by atoms with Crippen LogP contribution in [0.1, 0.15) is 44.7 Å². The molecule has 0 amide bonds. The highest BCUT2D eigenvalue weighted by Gasteiger charge is 2.02. The van der Waals surface area contributed by atoms with Gasteiger partial charge in [0.15, 0.2) is 0 Å². The second-order valence-corrected chi connectivity index (χ2v) is 4.39. The first kappa shape index (κ1) is 14.5. The van der Waals surface area contributed by atoms with Crippen LogP contribution in [0.15, 0.2) is 29.8 Å². The van der Waals surface area contributed by atoms with Crippen molar-refractivity contribution in [3.8, 4) is 0 Å². The third-order valence-electron chi connectivity index (χ3n) is 2.85. The summed E-state index contributed by atoms with van der Waals surface area (Å²) >= 11 is 0. The number of benzene rings is 1. The average molecular weight is 246 g/mol. The number of esters is 1. The van der Waals surface area contributed by atoms with Gasteiger partial charge in [0.05, 0.1) is 0 Å². The van der Waals surface area contributed by atoms with Gasteiger partial charge >= 0.3 is 5.97 Å². The van der Waals surface area contributed by atoms with Gasteiger partial charge in [-0.1, -0.05) is 50.6 Å². The number of ether oxygens (including phenoxy) is 1. The molecule has 0 bridgehead atoms. The molecule has 2 heteroatoms. The lowest BCUT2D eigenvalue weighted by atomic mass is 10.0. The zero-order chi connectivity index (χ0) is 13.4. The highest BCUT2D eigenvalue weighted by Crippen LogP contribution is 2.16. The molecule has 0 fully saturated rings. The molecule has 1 aromatic carbocycles. The largest absolute Gasteiger partial charge is 0.461 e. The standard InChI is InChI=1S/C16H22O2/c1-4-8-15-9-6-7-10-16(15)11-14(5-2)12-18-13(3)17/h6-7,9-11H,4-5,8,12H2,1-3H3/b14-11+. The van der Waals surface area contributed by atoms with Crippen LogP contribution < -0.4 is 0 Å². The Hall–Kier alpha value is -1.57. The molecule has 0 atom stereocenters. The Kier molecular flexibility index (Phi) is 6.20. The van der Waals surface area contributed by atoms with Crippen LogP contribution in [-0.4, -0.2) is 12.6 Å². The Morgan fingerprint density at radius 1 is 1.28 bits per heavy atom. The van der Waals surface area contributed by atoms with E-state index in [4.69, 9.17) is 4.74 Å². The summed E-state index contributed by atoms with van der Waals surface area (Å²) in [5, 5.41) is 0. The van der Waals surface area contributed by atoms with Gasteiger partial charge in [-0.15, -0.1) is 0 Å². The molecule has 0 aliphatic carbocycles. The molecule has 0 spiro atoms. The molecule has 0 aliphatic rings. The second-order valence-electron chi connectivity index (χ2n) is 4.39. The summed E-state index contributed by atoms with van der Waals surface area (Å²) in [6, 6.07) is 8.40. The van der Waals surface area contributed by atoms with Crippen LogP contribution in [0.5, 0.6) is 0 Å². The topological polar surface area (TPSA) is 26.3 Å². The summed E-state index contributed by atoms with van der Waals surface area (Å²) in [4.78, 5) is 10.8. The van der Waals surface area contributed by atoms with E-state index in [0.717, 1.165) is 24.8 Å². The van der Waals surface area contributed by atoms with Gasteiger partial charge < -0.3 is 4.74 Å². The molecule has 1 aromatic rings. The maximum Gasteiger partial charge on any atom is 0.302 e. The van der Waals surface area contributed by atoms with Crippen LogP contribution in [0.4, 0.5) is 0 Å². The monoisotopic (exact) mass is 246 g/mol. The lowest BCUT2D eigenvalue weighted by Crippen LogP contribution is -2.03. The summed E-state index contributed by atoms with van der Waals surface area (Å²) in [6.45, 7) is 6.10. The second kappa shape index (κ2) is 7.70. The van der Waals surface area contributed by atoms with Gasteiger partial charge in [-0.25, -0.2) is 0 Å². The van der Waals surface area contributed by atoms with Crippen LogP contribution in [0.2, 0.25) is 0 Å². The van der Waals surface area contributed by atoms with E-state index in [9.17, 15) is 4.79 Å². The Balaban J connectivity index is 2.86. The fraction of sp³-hybridized carbons (Fsp3) is 0.438. The van der Waals surface area contributed by atoms with E-state index in [2.05, 4.69) is 38.1 Å². The number of carbonyl (C=O) groups is 1. The molecule has 0 aliphatic heterocycles. The highest BCUT2D eigenvalue weighted by molar-refractivity contribution is 5.66. The van der Waals surface area contributed by atoms with E-state index < -0.39 is 0 Å². The van der Waals surface area contributed by atoms with Gasteiger partial charge in [0.25, 0.3) is 0 Å². The zero-order valence-corrected chi connectivity index (χ0v) is 11.5. The fourth-order valence-electron chi connectivity index (χ4n) is 1.83. The van der Waals surface area contributed by atoms with E-state index in [1.165, 1.54) is 18.1 Å². The first-order chi connectivity index (χ1) is 8.67. The lowest BCUT2D eigenvalue weighted by Gasteiger charge is -2.08. The Labute approximate surface area is 110 Å². The lowest BCUT2D eigenvalue weighted by molar-refractivity contribution is -0.139. The number of rotatable bonds is 6. The number of aryl methyl sites for hydroxylation is 1. The Bertz CT molecular complexity index is 419. The minimum Gasteiger partial charge on any atom is -0.461 e. The number of hydrogen-bond donors (Lipinski definition) is 0. The van der Waals surface area contributed by atoms with Crippen molar-refractivity contribution < 1.29 is 9.53 Å². The van der Waals surface area contributed by atoms with Crippen molar-refractivity contribution in [1.29, 1.82) is 0 Å².